The molecule has 100 valence electrons. The number of rotatable bonds is 2. The largest absolute Gasteiger partial charge is 0.366 e. The Morgan fingerprint density at radius 2 is 1.95 bits per heavy atom. The van der Waals surface area contributed by atoms with E-state index in [4.69, 9.17) is 5.73 Å². The maximum Gasteiger partial charge on any atom is 0.249 e. The van der Waals surface area contributed by atoms with Crippen LogP contribution in [0.3, 0.4) is 0 Å². The summed E-state index contributed by atoms with van der Waals surface area (Å²) in [4.78, 5) is 16.3. The molecule has 2 heterocycles. The molecule has 3 rings (SSSR count). The predicted octanol–water partition coefficient (Wildman–Crippen LogP) is 2.04. The third-order valence-corrected chi connectivity index (χ3v) is 3.30. The molecule has 3 aromatic rings. The summed E-state index contributed by atoms with van der Waals surface area (Å²) in [7, 11) is 1.81. The van der Waals surface area contributed by atoms with Crippen molar-refractivity contribution in [3.8, 4) is 11.3 Å². The van der Waals surface area contributed by atoms with Gasteiger partial charge in [0.1, 0.15) is 0 Å². The SMILES string of the molecule is Cc1nn(C)c2nc(-c3ccccc3)cc(C(N)=O)c12. The number of carbonyl (C=O) groups excluding carboxylic acids is 1. The Morgan fingerprint density at radius 1 is 1.25 bits per heavy atom. The molecule has 20 heavy (non-hydrogen) atoms. The second-order valence-electron chi connectivity index (χ2n) is 4.69. The molecule has 1 amide bonds. The van der Waals surface area contributed by atoms with E-state index in [1.807, 2.05) is 44.3 Å². The lowest BCUT2D eigenvalue weighted by molar-refractivity contribution is 0.100. The van der Waals surface area contributed by atoms with E-state index in [0.717, 1.165) is 22.3 Å². The van der Waals surface area contributed by atoms with E-state index in [1.54, 1.807) is 10.7 Å². The molecule has 0 spiro atoms. The van der Waals surface area contributed by atoms with Gasteiger partial charge in [0, 0.05) is 12.6 Å². The van der Waals surface area contributed by atoms with Crippen LogP contribution in [-0.4, -0.2) is 20.7 Å². The Labute approximate surface area is 116 Å². The highest BCUT2D eigenvalue weighted by Crippen LogP contribution is 2.26. The van der Waals surface area contributed by atoms with E-state index in [0.29, 0.717) is 11.2 Å². The fourth-order valence-corrected chi connectivity index (χ4v) is 2.40. The molecule has 0 atom stereocenters. The van der Waals surface area contributed by atoms with Crippen LogP contribution in [0.2, 0.25) is 0 Å². The summed E-state index contributed by atoms with van der Waals surface area (Å²) in [5, 5.41) is 5.04. The van der Waals surface area contributed by atoms with Gasteiger partial charge in [-0.3, -0.25) is 9.48 Å². The van der Waals surface area contributed by atoms with Crippen molar-refractivity contribution in [3.63, 3.8) is 0 Å². The van der Waals surface area contributed by atoms with Gasteiger partial charge >= 0.3 is 0 Å². The molecule has 0 aliphatic carbocycles. The molecule has 0 saturated carbocycles. The Balaban J connectivity index is 2.37. The van der Waals surface area contributed by atoms with Gasteiger partial charge in [0.05, 0.1) is 22.3 Å². The second-order valence-corrected chi connectivity index (χ2v) is 4.69. The van der Waals surface area contributed by atoms with Crippen molar-refractivity contribution in [3.05, 3.63) is 47.7 Å². The molecule has 0 bridgehead atoms. The first kappa shape index (κ1) is 12.3. The summed E-state index contributed by atoms with van der Waals surface area (Å²) < 4.78 is 1.67. The van der Waals surface area contributed by atoms with Crippen LogP contribution in [0.5, 0.6) is 0 Å². The molecule has 0 radical (unpaired) electrons. The van der Waals surface area contributed by atoms with Crippen LogP contribution < -0.4 is 5.73 Å². The zero-order valence-electron chi connectivity index (χ0n) is 11.3. The molecule has 2 N–H and O–H groups in total. The van der Waals surface area contributed by atoms with Crippen molar-refractivity contribution in [1.29, 1.82) is 0 Å². The minimum atomic E-state index is -0.467. The summed E-state index contributed by atoms with van der Waals surface area (Å²) >= 11 is 0. The lowest BCUT2D eigenvalue weighted by Gasteiger charge is -2.05. The summed E-state index contributed by atoms with van der Waals surface area (Å²) in [5.41, 5.74) is 9.03. The van der Waals surface area contributed by atoms with Crippen LogP contribution in [0.4, 0.5) is 0 Å². The number of benzene rings is 1. The predicted molar refractivity (Wildman–Crippen MR) is 77.2 cm³/mol. The van der Waals surface area contributed by atoms with Gasteiger partial charge in [0.2, 0.25) is 5.91 Å². The van der Waals surface area contributed by atoms with Crippen molar-refractivity contribution in [2.24, 2.45) is 12.8 Å². The van der Waals surface area contributed by atoms with Gasteiger partial charge in [-0.2, -0.15) is 5.10 Å². The number of hydrogen-bond donors (Lipinski definition) is 1. The topological polar surface area (TPSA) is 73.8 Å². The van der Waals surface area contributed by atoms with Crippen molar-refractivity contribution >= 4 is 16.9 Å². The molecule has 0 unspecified atom stereocenters. The van der Waals surface area contributed by atoms with E-state index < -0.39 is 5.91 Å². The Bertz CT molecular complexity index is 806. The first-order valence-corrected chi connectivity index (χ1v) is 6.27. The highest BCUT2D eigenvalue weighted by atomic mass is 16.1. The molecular weight excluding hydrogens is 252 g/mol. The molecule has 0 aliphatic heterocycles. The number of primary amides is 1. The lowest BCUT2D eigenvalue weighted by atomic mass is 10.1. The number of fused-ring (bicyclic) bond motifs is 1. The minimum Gasteiger partial charge on any atom is -0.366 e. The van der Waals surface area contributed by atoms with E-state index in [2.05, 4.69) is 10.1 Å². The van der Waals surface area contributed by atoms with Crippen molar-refractivity contribution in [2.45, 2.75) is 6.92 Å². The number of hydrogen-bond acceptors (Lipinski definition) is 3. The number of aromatic nitrogens is 3. The van der Waals surface area contributed by atoms with E-state index in [1.165, 1.54) is 0 Å². The maximum atomic E-state index is 11.7. The lowest BCUT2D eigenvalue weighted by Crippen LogP contribution is -2.12. The van der Waals surface area contributed by atoms with Crippen LogP contribution in [0.1, 0.15) is 16.1 Å². The van der Waals surface area contributed by atoms with Gasteiger partial charge in [-0.05, 0) is 13.0 Å². The maximum absolute atomic E-state index is 11.7. The zero-order valence-corrected chi connectivity index (χ0v) is 11.3. The van der Waals surface area contributed by atoms with E-state index >= 15 is 0 Å². The van der Waals surface area contributed by atoms with Gasteiger partial charge < -0.3 is 5.73 Å². The van der Waals surface area contributed by atoms with Crippen LogP contribution >= 0.6 is 0 Å². The normalized spacial score (nSPS) is 10.9. The van der Waals surface area contributed by atoms with Crippen molar-refractivity contribution < 1.29 is 4.79 Å². The van der Waals surface area contributed by atoms with Gasteiger partial charge in [-0.25, -0.2) is 4.98 Å². The number of nitrogens with two attached hydrogens (primary N) is 1. The quantitative estimate of drug-likeness (QED) is 0.771. The molecule has 5 nitrogen and oxygen atoms in total. The molecule has 2 aromatic heterocycles. The summed E-state index contributed by atoms with van der Waals surface area (Å²) in [6.07, 6.45) is 0. The monoisotopic (exact) mass is 266 g/mol. The van der Waals surface area contributed by atoms with E-state index in [9.17, 15) is 4.79 Å². The average Bonchev–Trinajstić information content (AvgIpc) is 2.74. The van der Waals surface area contributed by atoms with Crippen molar-refractivity contribution in [1.82, 2.24) is 14.8 Å². The van der Waals surface area contributed by atoms with Crippen LogP contribution in [0, 0.1) is 6.92 Å². The van der Waals surface area contributed by atoms with Crippen LogP contribution in [0.15, 0.2) is 36.4 Å². The van der Waals surface area contributed by atoms with E-state index in [-0.39, 0.29) is 0 Å². The summed E-state index contributed by atoms with van der Waals surface area (Å²) in [6, 6.07) is 11.4. The number of aryl methyl sites for hydroxylation is 2. The molecule has 0 fully saturated rings. The number of pyridine rings is 1. The minimum absolute atomic E-state index is 0.458. The fourth-order valence-electron chi connectivity index (χ4n) is 2.40. The standard InChI is InChI=1S/C15H14N4O/c1-9-13-11(14(16)20)8-12(10-6-4-3-5-7-10)17-15(13)19(2)18-9/h3-8H,1-2H3,(H2,16,20). The van der Waals surface area contributed by atoms with Crippen LogP contribution in [0.25, 0.3) is 22.3 Å². The highest BCUT2D eigenvalue weighted by Gasteiger charge is 2.17. The Hall–Kier alpha value is -2.69. The molecular formula is C15H14N4O. The summed E-state index contributed by atoms with van der Waals surface area (Å²) in [5.74, 6) is -0.467. The third-order valence-electron chi connectivity index (χ3n) is 3.30. The van der Waals surface area contributed by atoms with Gasteiger partial charge in [0.15, 0.2) is 5.65 Å². The first-order chi connectivity index (χ1) is 9.58. The second kappa shape index (κ2) is 4.45. The molecule has 0 saturated heterocycles. The average molecular weight is 266 g/mol. The first-order valence-electron chi connectivity index (χ1n) is 6.27. The molecule has 0 aliphatic rings. The number of carbonyl (C=O) groups is 1. The van der Waals surface area contributed by atoms with Gasteiger partial charge in [-0.1, -0.05) is 30.3 Å². The number of amides is 1. The fraction of sp³-hybridized carbons (Fsp3) is 0.133. The Kier molecular flexibility index (Phi) is 2.75. The Morgan fingerprint density at radius 3 is 2.60 bits per heavy atom. The summed E-state index contributed by atoms with van der Waals surface area (Å²) in [6.45, 7) is 1.85. The van der Waals surface area contributed by atoms with Gasteiger partial charge in [-0.15, -0.1) is 0 Å². The third kappa shape index (κ3) is 1.84. The number of nitrogens with zero attached hydrogens (tertiary/aromatic N) is 3. The highest BCUT2D eigenvalue weighted by molar-refractivity contribution is 6.06. The van der Waals surface area contributed by atoms with Crippen LogP contribution in [-0.2, 0) is 7.05 Å². The smallest absolute Gasteiger partial charge is 0.249 e. The van der Waals surface area contributed by atoms with Gasteiger partial charge in [0.25, 0.3) is 0 Å². The molecule has 1 aromatic carbocycles. The van der Waals surface area contributed by atoms with Crippen molar-refractivity contribution in [2.75, 3.05) is 0 Å². The molecule has 5 heteroatoms. The zero-order chi connectivity index (χ0) is 14.3.